The highest BCUT2D eigenvalue weighted by Crippen LogP contribution is 2.39. The summed E-state index contributed by atoms with van der Waals surface area (Å²) in [5.41, 5.74) is 6.03. The van der Waals surface area contributed by atoms with Gasteiger partial charge in [0.15, 0.2) is 0 Å². The molecule has 2 N–H and O–H groups in total. The molecular formula is C17H22N2O6S. The summed E-state index contributed by atoms with van der Waals surface area (Å²) < 4.78 is 37.1. The van der Waals surface area contributed by atoms with E-state index in [1.807, 2.05) is 0 Å². The monoisotopic (exact) mass is 382 g/mol. The highest BCUT2D eigenvalue weighted by molar-refractivity contribution is 7.89. The van der Waals surface area contributed by atoms with Crippen LogP contribution in [0.4, 0.5) is 0 Å². The number of rotatable bonds is 4. The number of carbonyl (C=O) groups is 2. The molecule has 2 aliphatic rings. The van der Waals surface area contributed by atoms with E-state index in [0.29, 0.717) is 13.1 Å². The number of hydrogen-bond acceptors (Lipinski definition) is 7. The zero-order valence-corrected chi connectivity index (χ0v) is 15.5. The van der Waals surface area contributed by atoms with Gasteiger partial charge >= 0.3 is 11.9 Å². The van der Waals surface area contributed by atoms with Gasteiger partial charge in [0.05, 0.1) is 30.2 Å². The van der Waals surface area contributed by atoms with Crippen LogP contribution in [0.25, 0.3) is 0 Å². The predicted molar refractivity (Wildman–Crippen MR) is 92.1 cm³/mol. The van der Waals surface area contributed by atoms with E-state index in [1.54, 1.807) is 0 Å². The van der Waals surface area contributed by atoms with Crippen molar-refractivity contribution in [2.45, 2.75) is 23.8 Å². The van der Waals surface area contributed by atoms with Gasteiger partial charge in [-0.1, -0.05) is 0 Å². The van der Waals surface area contributed by atoms with Gasteiger partial charge in [0.25, 0.3) is 0 Å². The molecule has 142 valence electrons. The van der Waals surface area contributed by atoms with Gasteiger partial charge in [0.1, 0.15) is 0 Å². The number of benzene rings is 1. The van der Waals surface area contributed by atoms with Crippen molar-refractivity contribution in [3.63, 3.8) is 0 Å². The molecule has 3 rings (SSSR count). The number of carbonyl (C=O) groups excluding carboxylic acids is 2. The van der Waals surface area contributed by atoms with E-state index in [4.69, 9.17) is 10.5 Å². The van der Waals surface area contributed by atoms with E-state index in [-0.39, 0.29) is 33.9 Å². The molecule has 3 unspecified atom stereocenters. The lowest BCUT2D eigenvalue weighted by molar-refractivity contribution is 0.0583. The normalized spacial score (nSPS) is 25.7. The average molecular weight is 382 g/mol. The highest BCUT2D eigenvalue weighted by Gasteiger charge is 2.45. The Hall–Kier alpha value is -1.97. The molecule has 26 heavy (non-hydrogen) atoms. The van der Waals surface area contributed by atoms with Crippen molar-refractivity contribution in [2.24, 2.45) is 17.6 Å². The highest BCUT2D eigenvalue weighted by atomic mass is 32.2. The van der Waals surface area contributed by atoms with Crippen molar-refractivity contribution < 1.29 is 27.5 Å². The summed E-state index contributed by atoms with van der Waals surface area (Å²) in [7, 11) is -1.61. The van der Waals surface area contributed by atoms with E-state index in [9.17, 15) is 18.0 Å². The molecule has 0 aromatic heterocycles. The first-order valence-electron chi connectivity index (χ1n) is 8.36. The van der Waals surface area contributed by atoms with Crippen molar-refractivity contribution in [2.75, 3.05) is 27.3 Å². The minimum atomic E-state index is -3.99. The molecule has 2 fully saturated rings. The molecule has 1 heterocycles. The Labute approximate surface area is 152 Å². The minimum absolute atomic E-state index is 0.0123. The molecule has 0 amide bonds. The third-order valence-electron chi connectivity index (χ3n) is 5.30. The first kappa shape index (κ1) is 18.8. The Bertz CT molecular complexity index is 838. The minimum Gasteiger partial charge on any atom is -0.465 e. The van der Waals surface area contributed by atoms with Gasteiger partial charge in [-0.25, -0.2) is 18.0 Å². The third kappa shape index (κ3) is 3.10. The Morgan fingerprint density at radius 3 is 2.42 bits per heavy atom. The fourth-order valence-electron chi connectivity index (χ4n) is 3.86. The second-order valence-corrected chi connectivity index (χ2v) is 8.59. The van der Waals surface area contributed by atoms with E-state index in [1.165, 1.54) is 36.7 Å². The predicted octanol–water partition coefficient (Wildman–Crippen LogP) is 0.618. The molecule has 3 atom stereocenters. The number of esters is 2. The van der Waals surface area contributed by atoms with Crippen LogP contribution < -0.4 is 5.73 Å². The van der Waals surface area contributed by atoms with Crippen LogP contribution >= 0.6 is 0 Å². The molecule has 1 aliphatic carbocycles. The molecule has 9 heteroatoms. The van der Waals surface area contributed by atoms with Crippen molar-refractivity contribution in [1.29, 1.82) is 0 Å². The van der Waals surface area contributed by atoms with Crippen LogP contribution in [0.2, 0.25) is 0 Å². The number of nitrogens with two attached hydrogens (primary N) is 1. The standard InChI is InChI=1S/C17H22N2O6S/c1-24-16(20)10-3-5-12(17(21)25-2)15(7-10)26(22,23)19-8-11-4-6-14(18)13(11)9-19/h3,5,7,11,13-14H,4,6,8-9,18H2,1-2H3. The molecule has 1 aliphatic heterocycles. The summed E-state index contributed by atoms with van der Waals surface area (Å²) >= 11 is 0. The first-order valence-corrected chi connectivity index (χ1v) is 9.80. The summed E-state index contributed by atoms with van der Waals surface area (Å²) in [5.74, 6) is -1.12. The number of fused-ring (bicyclic) bond motifs is 1. The lowest BCUT2D eigenvalue weighted by atomic mass is 9.98. The van der Waals surface area contributed by atoms with Crippen molar-refractivity contribution in [3.05, 3.63) is 29.3 Å². The van der Waals surface area contributed by atoms with Gasteiger partial charge in [-0.05, 0) is 42.9 Å². The Morgan fingerprint density at radius 2 is 1.81 bits per heavy atom. The van der Waals surface area contributed by atoms with E-state index < -0.39 is 22.0 Å². The molecule has 1 saturated carbocycles. The van der Waals surface area contributed by atoms with Gasteiger partial charge in [0.2, 0.25) is 10.0 Å². The molecular weight excluding hydrogens is 360 g/mol. The first-order chi connectivity index (χ1) is 12.3. The topological polar surface area (TPSA) is 116 Å². The Morgan fingerprint density at radius 1 is 1.12 bits per heavy atom. The quantitative estimate of drug-likeness (QED) is 0.759. The molecule has 0 bridgehead atoms. The van der Waals surface area contributed by atoms with Gasteiger partial charge in [-0.15, -0.1) is 0 Å². The largest absolute Gasteiger partial charge is 0.465 e. The Balaban J connectivity index is 2.02. The zero-order chi connectivity index (χ0) is 19.1. The molecule has 1 aromatic carbocycles. The maximum atomic E-state index is 13.2. The second-order valence-electron chi connectivity index (χ2n) is 6.68. The molecule has 8 nitrogen and oxygen atoms in total. The SMILES string of the molecule is COC(=O)c1ccc(C(=O)OC)c(S(=O)(=O)N2CC3CCC(N)C3C2)c1. The van der Waals surface area contributed by atoms with Gasteiger partial charge in [-0.2, -0.15) is 4.31 Å². The average Bonchev–Trinajstić information content (AvgIpc) is 3.22. The fourth-order valence-corrected chi connectivity index (χ4v) is 5.60. The lowest BCUT2D eigenvalue weighted by Crippen LogP contribution is -2.34. The van der Waals surface area contributed by atoms with E-state index >= 15 is 0 Å². The molecule has 1 aromatic rings. The lowest BCUT2D eigenvalue weighted by Gasteiger charge is -2.20. The smallest absolute Gasteiger partial charge is 0.339 e. The van der Waals surface area contributed by atoms with Crippen LogP contribution in [0.5, 0.6) is 0 Å². The van der Waals surface area contributed by atoms with Crippen molar-refractivity contribution in [3.8, 4) is 0 Å². The van der Waals surface area contributed by atoms with E-state index in [2.05, 4.69) is 4.74 Å². The number of ether oxygens (including phenoxy) is 2. The number of methoxy groups -OCH3 is 2. The van der Waals surface area contributed by atoms with Crippen LogP contribution in [-0.4, -0.2) is 58.0 Å². The number of sulfonamides is 1. The maximum Gasteiger partial charge on any atom is 0.339 e. The number of hydrogen-bond donors (Lipinski definition) is 1. The zero-order valence-electron chi connectivity index (χ0n) is 14.7. The van der Waals surface area contributed by atoms with Crippen LogP contribution in [0.1, 0.15) is 33.6 Å². The third-order valence-corrected chi connectivity index (χ3v) is 7.18. The number of nitrogens with zero attached hydrogens (tertiary/aromatic N) is 1. The van der Waals surface area contributed by atoms with E-state index in [0.717, 1.165) is 12.8 Å². The van der Waals surface area contributed by atoms with Crippen LogP contribution in [0.3, 0.4) is 0 Å². The molecule has 0 spiro atoms. The van der Waals surface area contributed by atoms with Crippen LogP contribution in [0.15, 0.2) is 23.1 Å². The van der Waals surface area contributed by atoms with Crippen LogP contribution in [0, 0.1) is 11.8 Å². The summed E-state index contributed by atoms with van der Waals surface area (Å²) in [4.78, 5) is 23.6. The Kier molecular flexibility index (Phi) is 5.05. The summed E-state index contributed by atoms with van der Waals surface area (Å²) in [6, 6.07) is 3.77. The van der Waals surface area contributed by atoms with Gasteiger partial charge < -0.3 is 15.2 Å². The van der Waals surface area contributed by atoms with Gasteiger partial charge in [-0.3, -0.25) is 0 Å². The molecule has 1 saturated heterocycles. The van der Waals surface area contributed by atoms with Gasteiger partial charge in [0, 0.05) is 19.1 Å². The maximum absolute atomic E-state index is 13.2. The van der Waals surface area contributed by atoms with Crippen LogP contribution in [-0.2, 0) is 19.5 Å². The summed E-state index contributed by atoms with van der Waals surface area (Å²) in [6.45, 7) is 0.682. The van der Waals surface area contributed by atoms with Crippen molar-refractivity contribution in [1.82, 2.24) is 4.31 Å². The fraction of sp³-hybridized carbons (Fsp3) is 0.529. The molecule has 0 radical (unpaired) electrons. The second kappa shape index (κ2) is 6.98. The summed E-state index contributed by atoms with van der Waals surface area (Å²) in [5, 5.41) is 0. The summed E-state index contributed by atoms with van der Waals surface area (Å²) in [6.07, 6.45) is 1.79. The van der Waals surface area contributed by atoms with Crippen molar-refractivity contribution >= 4 is 22.0 Å².